The van der Waals surface area contributed by atoms with Gasteiger partial charge in [-0.2, -0.15) is 0 Å². The zero-order valence-corrected chi connectivity index (χ0v) is 15.9. The Hall–Kier alpha value is 0.124. The van der Waals surface area contributed by atoms with Crippen LogP contribution in [0.15, 0.2) is 24.3 Å². The van der Waals surface area contributed by atoms with Gasteiger partial charge in [0.15, 0.2) is 0 Å². The van der Waals surface area contributed by atoms with Gasteiger partial charge in [-0.3, -0.25) is 4.79 Å². The van der Waals surface area contributed by atoms with Crippen LogP contribution >= 0.6 is 22.6 Å². The fraction of sp³-hybridized carbons (Fsp3) is 0.357. The van der Waals surface area contributed by atoms with E-state index in [9.17, 15) is 13.6 Å². The van der Waals surface area contributed by atoms with Gasteiger partial charge in [-0.05, 0) is 0 Å². The summed E-state index contributed by atoms with van der Waals surface area (Å²) in [5.41, 5.74) is 2.22. The predicted octanol–water partition coefficient (Wildman–Crippen LogP) is 3.44. The number of allylic oxidation sites excluding steroid dienone is 1. The maximum absolute atomic E-state index is 12.7. The van der Waals surface area contributed by atoms with Crippen molar-refractivity contribution in [2.24, 2.45) is 0 Å². The number of rotatable bonds is 3. The summed E-state index contributed by atoms with van der Waals surface area (Å²) in [6.45, 7) is 1.32. The summed E-state index contributed by atoms with van der Waals surface area (Å²) in [4.78, 5) is 13.2. The molecule has 0 aliphatic carbocycles. The van der Waals surface area contributed by atoms with Gasteiger partial charge in [0, 0.05) is 32.7 Å². The van der Waals surface area contributed by atoms with Crippen LogP contribution in [-0.4, -0.2) is 27.7 Å². The Bertz CT molecular complexity index is 522. The maximum atomic E-state index is 12.7. The van der Waals surface area contributed by atoms with Gasteiger partial charge >= 0.3 is 0 Å². The number of carbonyl (C=O) groups excluding carboxylic acids is 1. The molecular weight excluding hydrogens is 452 g/mol. The van der Waals surface area contributed by atoms with Gasteiger partial charge in [0.1, 0.15) is 0 Å². The van der Waals surface area contributed by atoms with E-state index in [1.807, 2.05) is 53.8 Å². The number of halogens is 3. The topological polar surface area (TPSA) is 20.3 Å². The van der Waals surface area contributed by atoms with Crippen molar-refractivity contribution < 1.29 is 46.3 Å². The first kappa shape index (κ1) is 18.2. The Balaban J connectivity index is 0.00000200. The normalized spacial score (nSPS) is 18.9. The number of hydrogen-bond donors (Lipinski definition) is 0. The van der Waals surface area contributed by atoms with Gasteiger partial charge in [0.25, 0.3) is 6.43 Å². The maximum Gasteiger partial charge on any atom is 0.256 e. The second kappa shape index (κ2) is 7.94. The van der Waals surface area contributed by atoms with Crippen molar-refractivity contribution in [1.82, 2.24) is 4.90 Å². The molecule has 1 aliphatic rings. The van der Waals surface area contributed by atoms with Crippen molar-refractivity contribution in [2.45, 2.75) is 23.7 Å². The van der Waals surface area contributed by atoms with E-state index in [1.165, 1.54) is 0 Å². The summed E-state index contributed by atoms with van der Waals surface area (Å²) in [5.74, 6) is -0.266. The Morgan fingerprint density at radius 3 is 2.70 bits per heavy atom. The van der Waals surface area contributed by atoms with E-state index < -0.39 is 13.0 Å². The number of benzene rings is 1. The Morgan fingerprint density at radius 1 is 1.45 bits per heavy atom. The molecule has 1 amide bonds. The van der Waals surface area contributed by atoms with Crippen LogP contribution in [0.4, 0.5) is 8.78 Å². The molecule has 1 aliphatic heterocycles. The molecule has 0 N–H and O–H groups in total. The van der Waals surface area contributed by atoms with Crippen molar-refractivity contribution in [2.75, 3.05) is 6.54 Å². The van der Waals surface area contributed by atoms with Gasteiger partial charge < -0.3 is 4.90 Å². The minimum absolute atomic E-state index is 0. The molecule has 6 heteroatoms. The number of alkyl halides is 3. The third-order valence-corrected chi connectivity index (χ3v) is 3.95. The van der Waals surface area contributed by atoms with Crippen LogP contribution in [0.5, 0.6) is 0 Å². The van der Waals surface area contributed by atoms with E-state index in [-0.39, 0.29) is 42.5 Å². The fourth-order valence-electron chi connectivity index (χ4n) is 2.05. The molecule has 20 heavy (non-hydrogen) atoms. The van der Waals surface area contributed by atoms with Crippen LogP contribution in [0.3, 0.4) is 0 Å². The van der Waals surface area contributed by atoms with Crippen molar-refractivity contribution in [3.8, 4) is 0 Å². The van der Waals surface area contributed by atoms with Crippen molar-refractivity contribution in [1.29, 1.82) is 0 Å². The number of amides is 1. The first-order valence-corrected chi connectivity index (χ1v) is 7.15. The van der Waals surface area contributed by atoms with Crippen LogP contribution in [0, 0.1) is 13.0 Å². The van der Waals surface area contributed by atoms with Gasteiger partial charge in [-0.25, -0.2) is 14.9 Å². The third-order valence-electron chi connectivity index (χ3n) is 2.97. The van der Waals surface area contributed by atoms with Crippen LogP contribution in [0.25, 0.3) is 5.70 Å². The molecule has 1 heterocycles. The minimum atomic E-state index is -2.55. The molecule has 2 rings (SSSR count). The van der Waals surface area contributed by atoms with Crippen molar-refractivity contribution in [3.05, 3.63) is 41.5 Å². The summed E-state index contributed by atoms with van der Waals surface area (Å²) < 4.78 is 25.0. The molecule has 0 saturated carbocycles. The standard InChI is InChI=1S/C14H13F2INO.Y/c1-9-4-2-3-5-10(9)12-7-6-11(17)14(19)18(12)8-13(15)16;/h2-5,11,13H,6,8H2,1H3;/q-1;. The second-order valence-electron chi connectivity index (χ2n) is 4.35. The largest absolute Gasteiger partial charge is 0.341 e. The van der Waals surface area contributed by atoms with Crippen LogP contribution in [0.1, 0.15) is 17.5 Å². The molecule has 0 spiro atoms. The van der Waals surface area contributed by atoms with E-state index >= 15 is 0 Å². The number of nitrogens with zero attached hydrogens (tertiary/aromatic N) is 1. The molecule has 0 fully saturated rings. The summed E-state index contributed by atoms with van der Waals surface area (Å²) >= 11 is 1.97. The van der Waals surface area contributed by atoms with Gasteiger partial charge in [0.05, 0.1) is 10.5 Å². The van der Waals surface area contributed by atoms with E-state index in [4.69, 9.17) is 0 Å². The zero-order valence-electron chi connectivity index (χ0n) is 10.9. The van der Waals surface area contributed by atoms with E-state index in [1.54, 1.807) is 0 Å². The second-order valence-corrected chi connectivity index (χ2v) is 5.86. The quantitative estimate of drug-likeness (QED) is 0.381. The minimum Gasteiger partial charge on any atom is -0.341 e. The van der Waals surface area contributed by atoms with E-state index in [0.717, 1.165) is 16.0 Å². The third kappa shape index (κ3) is 4.07. The molecule has 1 atom stereocenters. The van der Waals surface area contributed by atoms with Gasteiger partial charge in [-0.1, -0.05) is 54.1 Å². The monoisotopic (exact) mass is 465 g/mol. The molecule has 0 saturated heterocycles. The number of hydrogen-bond acceptors (Lipinski definition) is 1. The van der Waals surface area contributed by atoms with Crippen LogP contribution < -0.4 is 0 Å². The first-order valence-electron chi connectivity index (χ1n) is 5.91. The smallest absolute Gasteiger partial charge is 0.256 e. The van der Waals surface area contributed by atoms with Crippen LogP contribution in [0.2, 0.25) is 0 Å². The van der Waals surface area contributed by atoms with E-state index in [0.29, 0.717) is 12.1 Å². The van der Waals surface area contributed by atoms with Crippen LogP contribution in [-0.2, 0) is 37.5 Å². The Morgan fingerprint density at radius 2 is 2.10 bits per heavy atom. The van der Waals surface area contributed by atoms with E-state index in [2.05, 4.69) is 6.08 Å². The Kier molecular flexibility index (Phi) is 7.22. The van der Waals surface area contributed by atoms with Gasteiger partial charge in [0.2, 0.25) is 5.91 Å². The molecule has 0 bridgehead atoms. The first-order chi connectivity index (χ1) is 9.00. The molecule has 1 aromatic rings. The molecule has 1 radical (unpaired) electrons. The average Bonchev–Trinajstić information content (AvgIpc) is 2.36. The van der Waals surface area contributed by atoms with Crippen molar-refractivity contribution in [3.63, 3.8) is 0 Å². The molecule has 0 aromatic heterocycles. The molecule has 1 unspecified atom stereocenters. The van der Waals surface area contributed by atoms with Gasteiger partial charge in [-0.15, -0.1) is 22.9 Å². The SMILES string of the molecule is Cc1ccccc1C1=[C-]CC(I)C(=O)N1CC(F)F.[Y]. The average molecular weight is 465 g/mol. The number of carbonyl (C=O) groups is 1. The fourth-order valence-corrected chi connectivity index (χ4v) is 2.60. The zero-order chi connectivity index (χ0) is 14.0. The summed E-state index contributed by atoms with van der Waals surface area (Å²) in [7, 11) is 0. The molecule has 2 nitrogen and oxygen atoms in total. The molecule has 105 valence electrons. The Labute approximate surface area is 156 Å². The summed E-state index contributed by atoms with van der Waals surface area (Å²) in [6.07, 6.45) is 1.00. The summed E-state index contributed by atoms with van der Waals surface area (Å²) in [5, 5.41) is 0. The van der Waals surface area contributed by atoms with Crippen molar-refractivity contribution >= 4 is 34.2 Å². The molecule has 1 aromatic carbocycles. The molecular formula is C14H13F2INOY-. The number of aryl methyl sites for hydroxylation is 1. The summed E-state index contributed by atoms with van der Waals surface area (Å²) in [6, 6.07) is 7.43. The predicted molar refractivity (Wildman–Crippen MR) is 78.0 cm³/mol.